The fourth-order valence-electron chi connectivity index (χ4n) is 4.50. The summed E-state index contributed by atoms with van der Waals surface area (Å²) in [4.78, 5) is 24.8. The average Bonchev–Trinajstić information content (AvgIpc) is 3.64. The maximum Gasteiger partial charge on any atom is 0.435 e. The molecule has 2 aliphatic rings. The van der Waals surface area contributed by atoms with Crippen molar-refractivity contribution in [1.82, 2.24) is 25.1 Å². The van der Waals surface area contributed by atoms with Gasteiger partial charge in [-0.3, -0.25) is 19.8 Å². The summed E-state index contributed by atoms with van der Waals surface area (Å²) in [5, 5.41) is 15.8. The number of carbonyl (C=O) groups is 1. The number of nitrogens with zero attached hydrogens (tertiary/aromatic N) is 5. The summed E-state index contributed by atoms with van der Waals surface area (Å²) in [6.07, 6.45) is -1.60. The van der Waals surface area contributed by atoms with Gasteiger partial charge in [-0.2, -0.15) is 23.5 Å². The van der Waals surface area contributed by atoms with E-state index >= 15 is 0 Å². The first-order valence-electron chi connectivity index (χ1n) is 11.7. The first-order chi connectivity index (χ1) is 17.7. The first kappa shape index (κ1) is 25.0. The number of aryl methyl sites for hydroxylation is 1. The van der Waals surface area contributed by atoms with E-state index in [2.05, 4.69) is 16.6 Å². The third kappa shape index (κ3) is 5.23. The Labute approximate surface area is 214 Å². The Kier molecular flexibility index (Phi) is 6.74. The number of benzene rings is 1. The first-order valence-corrected chi connectivity index (χ1v) is 12.6. The molecule has 1 N–H and O–H groups in total. The molecule has 12 heteroatoms. The number of likely N-dealkylation sites (tertiary alicyclic amines) is 1. The third-order valence-electron chi connectivity index (χ3n) is 6.55. The van der Waals surface area contributed by atoms with Crippen LogP contribution in [0.25, 0.3) is 5.70 Å². The number of nitrogens with one attached hydrogen (secondary N) is 1. The lowest BCUT2D eigenvalue weighted by Gasteiger charge is -2.31. The zero-order valence-electron chi connectivity index (χ0n) is 19.8. The molecule has 0 bridgehead atoms. The van der Waals surface area contributed by atoms with Crippen LogP contribution in [0.3, 0.4) is 0 Å². The standard InChI is InChI=1S/C25H23F3N6O2S/c1-15-10-22(25(26,27)28)31-34(15)13-23(35)33-8-6-16(7-9-33)24-30-20(14-37-24)19-11-21(36-32-19)18-5-3-2-4-17(18)12-29/h2-5,10-11,14,16,21,32H,6-9,13H2,1H3. The molecule has 4 heterocycles. The molecule has 5 rings (SSSR count). The van der Waals surface area contributed by atoms with Gasteiger partial charge in [0, 0.05) is 35.6 Å². The van der Waals surface area contributed by atoms with E-state index in [1.165, 1.54) is 6.92 Å². The molecule has 0 aliphatic carbocycles. The molecule has 1 unspecified atom stereocenters. The van der Waals surface area contributed by atoms with E-state index in [0.29, 0.717) is 37.2 Å². The quantitative estimate of drug-likeness (QED) is 0.522. The topological polar surface area (TPSA) is 96.1 Å². The Morgan fingerprint density at radius 2 is 2.05 bits per heavy atom. The van der Waals surface area contributed by atoms with Crippen LogP contribution in [0.5, 0.6) is 0 Å². The summed E-state index contributed by atoms with van der Waals surface area (Å²) in [5.74, 6) is -0.0662. The molecule has 192 valence electrons. The van der Waals surface area contributed by atoms with Crippen LogP contribution in [0.1, 0.15) is 58.1 Å². The second kappa shape index (κ2) is 9.99. The van der Waals surface area contributed by atoms with E-state index in [1.54, 1.807) is 22.3 Å². The van der Waals surface area contributed by atoms with Crippen LogP contribution >= 0.6 is 11.3 Å². The van der Waals surface area contributed by atoms with Crippen LogP contribution in [-0.4, -0.2) is 38.7 Å². The summed E-state index contributed by atoms with van der Waals surface area (Å²) >= 11 is 1.54. The van der Waals surface area contributed by atoms with Gasteiger partial charge in [0.2, 0.25) is 5.91 Å². The van der Waals surface area contributed by atoms with Gasteiger partial charge in [-0.1, -0.05) is 18.2 Å². The van der Waals surface area contributed by atoms with Crippen molar-refractivity contribution in [2.24, 2.45) is 0 Å². The maximum absolute atomic E-state index is 12.9. The SMILES string of the molecule is Cc1cc(C(F)(F)F)nn1CC(=O)N1CCC(c2nc(C3=CC(c4ccccc4C#N)ON3)cs2)CC1. The van der Waals surface area contributed by atoms with Crippen molar-refractivity contribution in [2.75, 3.05) is 13.1 Å². The molecule has 3 aromatic rings. The second-order valence-electron chi connectivity index (χ2n) is 8.97. The highest BCUT2D eigenvalue weighted by Crippen LogP contribution is 2.35. The van der Waals surface area contributed by atoms with Gasteiger partial charge in [-0.15, -0.1) is 11.3 Å². The Hall–Kier alpha value is -3.69. The molecule has 8 nitrogen and oxygen atoms in total. The number of hydroxylamine groups is 1. The van der Waals surface area contributed by atoms with Crippen LogP contribution in [-0.2, 0) is 22.4 Å². The number of carbonyl (C=O) groups excluding carboxylic acids is 1. The van der Waals surface area contributed by atoms with Gasteiger partial charge in [-0.25, -0.2) is 4.98 Å². The lowest BCUT2D eigenvalue weighted by atomic mass is 9.97. The van der Waals surface area contributed by atoms with Crippen LogP contribution < -0.4 is 5.48 Å². The molecule has 1 fully saturated rings. The Morgan fingerprint density at radius 1 is 1.30 bits per heavy atom. The maximum atomic E-state index is 12.9. The smallest absolute Gasteiger partial charge is 0.341 e. The Bertz CT molecular complexity index is 1380. The van der Waals surface area contributed by atoms with Crippen LogP contribution in [0.4, 0.5) is 13.2 Å². The molecule has 1 aromatic carbocycles. The van der Waals surface area contributed by atoms with Gasteiger partial charge in [-0.05, 0) is 38.0 Å². The number of halogens is 3. The molecule has 2 aromatic heterocycles. The van der Waals surface area contributed by atoms with Gasteiger partial charge in [0.15, 0.2) is 5.69 Å². The second-order valence-corrected chi connectivity index (χ2v) is 9.86. The number of nitriles is 1. The Balaban J connectivity index is 1.19. The van der Waals surface area contributed by atoms with Gasteiger partial charge < -0.3 is 4.90 Å². The summed E-state index contributed by atoms with van der Waals surface area (Å²) in [6, 6.07) is 10.4. The van der Waals surface area contributed by atoms with Crippen LogP contribution in [0, 0.1) is 18.3 Å². The van der Waals surface area contributed by atoms with Crippen molar-refractivity contribution >= 4 is 22.9 Å². The summed E-state index contributed by atoms with van der Waals surface area (Å²) in [6.45, 7) is 2.29. The van der Waals surface area contributed by atoms with Crippen LogP contribution in [0.2, 0.25) is 0 Å². The molecule has 37 heavy (non-hydrogen) atoms. The summed E-state index contributed by atoms with van der Waals surface area (Å²) in [5.41, 5.74) is 5.04. The fraction of sp³-hybridized carbons (Fsp3) is 0.360. The van der Waals surface area contributed by atoms with E-state index in [0.717, 1.165) is 32.7 Å². The van der Waals surface area contributed by atoms with Crippen molar-refractivity contribution in [2.45, 2.75) is 44.5 Å². The zero-order chi connectivity index (χ0) is 26.2. The molecule has 0 spiro atoms. The number of piperidine rings is 1. The summed E-state index contributed by atoms with van der Waals surface area (Å²) in [7, 11) is 0. The highest BCUT2D eigenvalue weighted by Gasteiger charge is 2.35. The van der Waals surface area contributed by atoms with Crippen molar-refractivity contribution in [3.8, 4) is 6.07 Å². The third-order valence-corrected chi connectivity index (χ3v) is 7.56. The van der Waals surface area contributed by atoms with Crippen molar-refractivity contribution in [3.63, 3.8) is 0 Å². The average molecular weight is 529 g/mol. The van der Waals surface area contributed by atoms with Crippen molar-refractivity contribution in [3.05, 3.63) is 75.0 Å². The minimum absolute atomic E-state index is 0.184. The van der Waals surface area contributed by atoms with Crippen LogP contribution in [0.15, 0.2) is 41.8 Å². The molecule has 2 aliphatic heterocycles. The lowest BCUT2D eigenvalue weighted by molar-refractivity contribution is -0.142. The van der Waals surface area contributed by atoms with Gasteiger partial charge in [0.1, 0.15) is 12.6 Å². The molecule has 1 atom stereocenters. The van der Waals surface area contributed by atoms with Crippen molar-refractivity contribution < 1.29 is 22.8 Å². The van der Waals surface area contributed by atoms with E-state index in [-0.39, 0.29) is 18.4 Å². The minimum atomic E-state index is -4.54. The van der Waals surface area contributed by atoms with E-state index in [9.17, 15) is 23.2 Å². The number of hydrogen-bond acceptors (Lipinski definition) is 7. The monoisotopic (exact) mass is 528 g/mol. The molecule has 0 saturated carbocycles. The summed E-state index contributed by atoms with van der Waals surface area (Å²) < 4.78 is 39.8. The number of aromatic nitrogens is 3. The molecule has 1 saturated heterocycles. The normalized spacial score (nSPS) is 18.4. The Morgan fingerprint density at radius 3 is 2.76 bits per heavy atom. The highest BCUT2D eigenvalue weighted by molar-refractivity contribution is 7.09. The van der Waals surface area contributed by atoms with Gasteiger partial charge in [0.25, 0.3) is 0 Å². The fourth-order valence-corrected chi connectivity index (χ4v) is 5.49. The number of thiazole rings is 1. The number of alkyl halides is 3. The van der Waals surface area contributed by atoms with E-state index in [1.807, 2.05) is 29.7 Å². The largest absolute Gasteiger partial charge is 0.435 e. The van der Waals surface area contributed by atoms with Gasteiger partial charge in [0.05, 0.1) is 28.0 Å². The van der Waals surface area contributed by atoms with Gasteiger partial charge >= 0.3 is 6.18 Å². The molecular weight excluding hydrogens is 505 g/mol. The number of rotatable bonds is 5. The lowest BCUT2D eigenvalue weighted by Crippen LogP contribution is -2.40. The number of amides is 1. The molecule has 0 radical (unpaired) electrons. The predicted octanol–water partition coefficient (Wildman–Crippen LogP) is 4.56. The van der Waals surface area contributed by atoms with E-state index < -0.39 is 18.0 Å². The highest BCUT2D eigenvalue weighted by atomic mass is 32.1. The van der Waals surface area contributed by atoms with Crippen molar-refractivity contribution in [1.29, 1.82) is 5.26 Å². The zero-order valence-corrected chi connectivity index (χ0v) is 20.6. The predicted molar refractivity (Wildman–Crippen MR) is 129 cm³/mol. The number of hydrogen-bond donors (Lipinski definition) is 1. The van der Waals surface area contributed by atoms with E-state index in [4.69, 9.17) is 9.82 Å². The minimum Gasteiger partial charge on any atom is -0.341 e. The molecule has 1 amide bonds. The molecular formula is C25H23F3N6O2S.